The van der Waals surface area contributed by atoms with Gasteiger partial charge in [0.15, 0.2) is 0 Å². The Morgan fingerprint density at radius 3 is 1.88 bits per heavy atom. The maximum absolute atomic E-state index is 10.9. The van der Waals surface area contributed by atoms with Gasteiger partial charge in [-0.15, -0.1) is 0 Å². The molecule has 0 radical (unpaired) electrons. The van der Waals surface area contributed by atoms with Crippen LogP contribution in [0, 0.1) is 10.8 Å². The van der Waals surface area contributed by atoms with E-state index in [-0.39, 0.29) is 10.8 Å². The summed E-state index contributed by atoms with van der Waals surface area (Å²) in [5.41, 5.74) is -0.120. The summed E-state index contributed by atoms with van der Waals surface area (Å²) in [6.45, 7) is 10.7. The average molecular weight is 245 g/mol. The summed E-state index contributed by atoms with van der Waals surface area (Å²) < 4.78 is 0. The van der Waals surface area contributed by atoms with Gasteiger partial charge >= 0.3 is 11.9 Å². The van der Waals surface area contributed by atoms with Crippen molar-refractivity contribution in [3.8, 4) is 0 Å². The van der Waals surface area contributed by atoms with Crippen LogP contribution in [0.3, 0.4) is 0 Å². The maximum Gasteiger partial charge on any atom is 0.321 e. The first kappa shape index (κ1) is 15.9. The molecule has 0 aromatic rings. The molecule has 0 saturated carbocycles. The van der Waals surface area contributed by atoms with Crippen molar-refractivity contribution in [2.24, 2.45) is 10.8 Å². The van der Waals surface area contributed by atoms with Crippen molar-refractivity contribution in [3.05, 3.63) is 0 Å². The van der Waals surface area contributed by atoms with Crippen LogP contribution in [0.15, 0.2) is 0 Å². The number of aliphatic carboxylic acids is 2. The molecule has 0 aliphatic rings. The molecule has 0 saturated heterocycles. The third-order valence-corrected chi connectivity index (χ3v) is 3.50. The molecule has 0 aromatic heterocycles. The van der Waals surface area contributed by atoms with Crippen molar-refractivity contribution < 1.29 is 19.8 Å². The molecule has 5 nitrogen and oxygen atoms in total. The van der Waals surface area contributed by atoms with Crippen molar-refractivity contribution in [2.75, 3.05) is 6.54 Å². The van der Waals surface area contributed by atoms with Crippen LogP contribution in [0.1, 0.15) is 41.0 Å². The first-order valence-corrected chi connectivity index (χ1v) is 5.65. The van der Waals surface area contributed by atoms with E-state index in [0.29, 0.717) is 6.54 Å². The Morgan fingerprint density at radius 1 is 1.12 bits per heavy atom. The van der Waals surface area contributed by atoms with Crippen LogP contribution < -0.4 is 5.32 Å². The minimum atomic E-state index is -1.13. The second-order valence-electron chi connectivity index (χ2n) is 6.00. The largest absolute Gasteiger partial charge is 0.481 e. The van der Waals surface area contributed by atoms with Crippen LogP contribution in [-0.4, -0.2) is 34.7 Å². The Morgan fingerprint density at radius 2 is 1.59 bits per heavy atom. The summed E-state index contributed by atoms with van der Waals surface area (Å²) in [5, 5.41) is 20.3. The predicted octanol–water partition coefficient (Wildman–Crippen LogP) is 1.58. The molecule has 0 amide bonds. The molecule has 1 atom stereocenters. The number of carbonyl (C=O) groups is 2. The lowest BCUT2D eigenvalue weighted by Crippen LogP contribution is -2.46. The lowest BCUT2D eigenvalue weighted by molar-refractivity contribution is -0.146. The fourth-order valence-electron chi connectivity index (χ4n) is 1.06. The zero-order chi connectivity index (χ0) is 13.9. The molecule has 3 N–H and O–H groups in total. The normalized spacial score (nSPS) is 14.4. The fourth-order valence-corrected chi connectivity index (χ4v) is 1.06. The Bertz CT molecular complexity index is 291. The van der Waals surface area contributed by atoms with E-state index in [1.54, 1.807) is 0 Å². The Hall–Kier alpha value is -1.10. The predicted molar refractivity (Wildman–Crippen MR) is 64.9 cm³/mol. The van der Waals surface area contributed by atoms with E-state index in [9.17, 15) is 9.59 Å². The van der Waals surface area contributed by atoms with Gasteiger partial charge in [-0.2, -0.15) is 0 Å². The fraction of sp³-hybridized carbons (Fsp3) is 0.833. The van der Waals surface area contributed by atoms with Gasteiger partial charge < -0.3 is 15.5 Å². The van der Waals surface area contributed by atoms with E-state index in [0.717, 1.165) is 0 Å². The van der Waals surface area contributed by atoms with Gasteiger partial charge in [-0.25, -0.2) is 0 Å². The molecule has 0 aromatic carbocycles. The average Bonchev–Trinajstić information content (AvgIpc) is 2.09. The van der Waals surface area contributed by atoms with E-state index >= 15 is 0 Å². The minimum Gasteiger partial charge on any atom is -0.481 e. The second kappa shape index (κ2) is 5.49. The van der Waals surface area contributed by atoms with Gasteiger partial charge in [0.05, 0.1) is 6.42 Å². The molecular formula is C12H23NO4. The molecule has 0 rings (SSSR count). The third-order valence-electron chi connectivity index (χ3n) is 3.50. The van der Waals surface area contributed by atoms with Crippen LogP contribution in [0.4, 0.5) is 0 Å². The number of carboxylic acid groups (broad SMARTS) is 2. The van der Waals surface area contributed by atoms with Crippen molar-refractivity contribution in [3.63, 3.8) is 0 Å². The summed E-state index contributed by atoms with van der Waals surface area (Å²) >= 11 is 0. The lowest BCUT2D eigenvalue weighted by atomic mass is 9.69. The highest BCUT2D eigenvalue weighted by atomic mass is 16.4. The van der Waals surface area contributed by atoms with E-state index in [2.05, 4.69) is 26.1 Å². The first-order valence-electron chi connectivity index (χ1n) is 5.65. The molecule has 0 fully saturated rings. The lowest BCUT2D eigenvalue weighted by Gasteiger charge is -2.39. The summed E-state index contributed by atoms with van der Waals surface area (Å²) in [6, 6.07) is -1.03. The van der Waals surface area contributed by atoms with Gasteiger partial charge in [0.2, 0.25) is 0 Å². The standard InChI is InChI=1S/C12H23NO4/c1-11(2,3)12(4,5)7-13-8(10(16)17)6-9(14)15/h8,13H,6-7H2,1-5H3,(H,14,15)(H,16,17). The van der Waals surface area contributed by atoms with Crippen LogP contribution in [0.5, 0.6) is 0 Å². The van der Waals surface area contributed by atoms with E-state index in [1.807, 2.05) is 13.8 Å². The highest BCUT2D eigenvalue weighted by Gasteiger charge is 2.34. The third kappa shape index (κ3) is 5.17. The summed E-state index contributed by atoms with van der Waals surface area (Å²) in [4.78, 5) is 21.4. The zero-order valence-electron chi connectivity index (χ0n) is 11.2. The number of hydrogen-bond donors (Lipinski definition) is 3. The van der Waals surface area contributed by atoms with Crippen LogP contribution in [-0.2, 0) is 9.59 Å². The molecule has 0 heterocycles. The molecule has 0 aliphatic heterocycles. The molecular weight excluding hydrogens is 222 g/mol. The highest BCUT2D eigenvalue weighted by Crippen LogP contribution is 2.37. The van der Waals surface area contributed by atoms with Crippen molar-refractivity contribution in [2.45, 2.75) is 47.1 Å². The summed E-state index contributed by atoms with van der Waals surface area (Å²) in [5.74, 6) is -2.24. The van der Waals surface area contributed by atoms with Crippen molar-refractivity contribution in [1.29, 1.82) is 0 Å². The quantitative estimate of drug-likeness (QED) is 0.661. The minimum absolute atomic E-state index is 0.00623. The number of rotatable bonds is 6. The number of hydrogen-bond acceptors (Lipinski definition) is 3. The summed E-state index contributed by atoms with van der Waals surface area (Å²) in [7, 11) is 0. The second-order valence-corrected chi connectivity index (χ2v) is 6.00. The Labute approximate surface area is 102 Å². The number of nitrogens with one attached hydrogen (secondary N) is 1. The molecule has 0 bridgehead atoms. The Kier molecular flexibility index (Phi) is 5.13. The first-order chi connectivity index (χ1) is 7.47. The van der Waals surface area contributed by atoms with Crippen LogP contribution in [0.2, 0.25) is 0 Å². The Balaban J connectivity index is 4.51. The number of carboxylic acids is 2. The van der Waals surface area contributed by atoms with Crippen molar-refractivity contribution in [1.82, 2.24) is 5.32 Å². The topological polar surface area (TPSA) is 86.6 Å². The van der Waals surface area contributed by atoms with Gasteiger partial charge in [-0.05, 0) is 10.8 Å². The smallest absolute Gasteiger partial charge is 0.321 e. The van der Waals surface area contributed by atoms with Crippen molar-refractivity contribution >= 4 is 11.9 Å². The van der Waals surface area contributed by atoms with Crippen LogP contribution in [0.25, 0.3) is 0 Å². The molecule has 5 heteroatoms. The zero-order valence-corrected chi connectivity index (χ0v) is 11.2. The molecule has 1 unspecified atom stereocenters. The monoisotopic (exact) mass is 245 g/mol. The van der Waals surface area contributed by atoms with Gasteiger partial charge in [0, 0.05) is 6.54 Å². The summed E-state index contributed by atoms with van der Waals surface area (Å²) in [6.07, 6.45) is -0.407. The molecule has 100 valence electrons. The van der Waals surface area contributed by atoms with E-state index < -0.39 is 24.4 Å². The maximum atomic E-state index is 10.9. The SMILES string of the molecule is CC(C)(C)C(C)(C)CNC(CC(=O)O)C(=O)O. The van der Waals surface area contributed by atoms with Crippen LogP contribution >= 0.6 is 0 Å². The van der Waals surface area contributed by atoms with E-state index in [1.165, 1.54) is 0 Å². The molecule has 17 heavy (non-hydrogen) atoms. The van der Waals surface area contributed by atoms with Gasteiger partial charge in [-0.1, -0.05) is 34.6 Å². The molecule has 0 aliphatic carbocycles. The highest BCUT2D eigenvalue weighted by molar-refractivity contribution is 5.80. The van der Waals surface area contributed by atoms with Gasteiger partial charge in [0.1, 0.15) is 6.04 Å². The van der Waals surface area contributed by atoms with Gasteiger partial charge in [0.25, 0.3) is 0 Å². The van der Waals surface area contributed by atoms with Gasteiger partial charge in [-0.3, -0.25) is 9.59 Å². The van der Waals surface area contributed by atoms with E-state index in [4.69, 9.17) is 10.2 Å². The molecule has 0 spiro atoms.